The van der Waals surface area contributed by atoms with Gasteiger partial charge in [0.25, 0.3) is 11.8 Å². The summed E-state index contributed by atoms with van der Waals surface area (Å²) in [6, 6.07) is 11.2. The van der Waals surface area contributed by atoms with E-state index in [1.807, 2.05) is 0 Å². The van der Waals surface area contributed by atoms with Crippen LogP contribution in [0.15, 0.2) is 42.5 Å². The molecule has 0 saturated carbocycles. The third-order valence-electron chi connectivity index (χ3n) is 3.08. The van der Waals surface area contributed by atoms with Gasteiger partial charge in [0.15, 0.2) is 12.7 Å². The van der Waals surface area contributed by atoms with Crippen LogP contribution in [-0.4, -0.2) is 24.5 Å². The first kappa shape index (κ1) is 20.2. The Balaban J connectivity index is 1.76. The summed E-state index contributed by atoms with van der Waals surface area (Å²) in [5, 5.41) is 1.29. The zero-order valence-corrected chi connectivity index (χ0v) is 15.9. The second-order valence-corrected chi connectivity index (χ2v) is 6.39. The molecule has 2 N–H and O–H groups in total. The number of carbonyl (C=O) groups is 2. The van der Waals surface area contributed by atoms with E-state index in [0.717, 1.165) is 0 Å². The number of halogens is 3. The highest BCUT2D eigenvalue weighted by molar-refractivity contribution is 6.35. The van der Waals surface area contributed by atoms with Crippen LogP contribution in [0, 0.1) is 0 Å². The highest BCUT2D eigenvalue weighted by Crippen LogP contribution is 2.28. The zero-order valence-electron chi connectivity index (χ0n) is 13.6. The third-order valence-corrected chi connectivity index (χ3v) is 3.86. The molecule has 0 radical (unpaired) electrons. The van der Waals surface area contributed by atoms with Gasteiger partial charge in [0.2, 0.25) is 0 Å². The largest absolute Gasteiger partial charge is 0.484 e. The summed E-state index contributed by atoms with van der Waals surface area (Å²) in [6.07, 6.45) is -0.897. The summed E-state index contributed by atoms with van der Waals surface area (Å²) in [7, 11) is 0. The van der Waals surface area contributed by atoms with E-state index in [9.17, 15) is 9.59 Å². The molecule has 2 aromatic carbocycles. The molecular weight excluding hydrogens is 403 g/mol. The lowest BCUT2D eigenvalue weighted by molar-refractivity contribution is -0.133. The lowest BCUT2D eigenvalue weighted by Crippen LogP contribution is -2.48. The molecule has 0 fully saturated rings. The van der Waals surface area contributed by atoms with E-state index in [4.69, 9.17) is 44.3 Å². The fraction of sp³-hybridized carbons (Fsp3) is 0.176. The lowest BCUT2D eigenvalue weighted by Gasteiger charge is -2.16. The van der Waals surface area contributed by atoms with Crippen molar-refractivity contribution in [1.82, 2.24) is 10.9 Å². The standard InChI is InChI=1S/C17H15Cl3N2O4/c1-10(26-15-7-4-12(19)8-14(15)20)17(24)22-21-16(23)9-25-13-5-2-11(18)3-6-13/h2-8,10H,9H2,1H3,(H,21,23)(H,22,24). The Morgan fingerprint density at radius 2 is 1.65 bits per heavy atom. The smallest absolute Gasteiger partial charge is 0.279 e. The fourth-order valence-electron chi connectivity index (χ4n) is 1.76. The maximum absolute atomic E-state index is 12.0. The van der Waals surface area contributed by atoms with Crippen molar-refractivity contribution in [3.63, 3.8) is 0 Å². The van der Waals surface area contributed by atoms with E-state index in [2.05, 4.69) is 10.9 Å². The number of carbonyl (C=O) groups excluding carboxylic acids is 2. The molecule has 2 aromatic rings. The molecule has 0 bridgehead atoms. The van der Waals surface area contributed by atoms with Gasteiger partial charge in [-0.25, -0.2) is 0 Å². The molecule has 0 saturated heterocycles. The minimum absolute atomic E-state index is 0.276. The number of hydrogen-bond donors (Lipinski definition) is 2. The van der Waals surface area contributed by atoms with Crippen molar-refractivity contribution in [1.29, 1.82) is 0 Å². The van der Waals surface area contributed by atoms with Crippen LogP contribution in [0.5, 0.6) is 11.5 Å². The number of rotatable bonds is 6. The molecule has 6 nitrogen and oxygen atoms in total. The van der Waals surface area contributed by atoms with Crippen LogP contribution in [0.2, 0.25) is 15.1 Å². The van der Waals surface area contributed by atoms with Crippen molar-refractivity contribution in [3.05, 3.63) is 57.5 Å². The first-order valence-electron chi connectivity index (χ1n) is 7.44. The van der Waals surface area contributed by atoms with Gasteiger partial charge in [-0.2, -0.15) is 0 Å². The van der Waals surface area contributed by atoms with Gasteiger partial charge >= 0.3 is 0 Å². The van der Waals surface area contributed by atoms with Crippen LogP contribution in [0.25, 0.3) is 0 Å². The lowest BCUT2D eigenvalue weighted by atomic mass is 10.3. The van der Waals surface area contributed by atoms with E-state index in [-0.39, 0.29) is 11.6 Å². The quantitative estimate of drug-likeness (QED) is 0.704. The maximum atomic E-state index is 12.0. The van der Waals surface area contributed by atoms with Crippen LogP contribution in [0.3, 0.4) is 0 Å². The van der Waals surface area contributed by atoms with Gasteiger partial charge in [-0.15, -0.1) is 0 Å². The second kappa shape index (κ2) is 9.52. The van der Waals surface area contributed by atoms with E-state index in [1.165, 1.54) is 13.0 Å². The molecule has 9 heteroatoms. The monoisotopic (exact) mass is 416 g/mol. The number of amides is 2. The summed E-state index contributed by atoms with van der Waals surface area (Å²) in [6.45, 7) is 1.23. The zero-order chi connectivity index (χ0) is 19.1. The molecule has 138 valence electrons. The Hall–Kier alpha value is -2.15. The van der Waals surface area contributed by atoms with Crippen molar-refractivity contribution in [2.45, 2.75) is 13.0 Å². The molecule has 1 unspecified atom stereocenters. The molecule has 0 aliphatic heterocycles. The number of nitrogens with one attached hydrogen (secondary N) is 2. The Kier molecular flexibility index (Phi) is 7.38. The first-order chi connectivity index (χ1) is 12.3. The molecule has 0 heterocycles. The highest BCUT2D eigenvalue weighted by atomic mass is 35.5. The molecule has 26 heavy (non-hydrogen) atoms. The van der Waals surface area contributed by atoms with Gasteiger partial charge in [-0.1, -0.05) is 34.8 Å². The number of hydrogen-bond acceptors (Lipinski definition) is 4. The van der Waals surface area contributed by atoms with Crippen LogP contribution in [-0.2, 0) is 9.59 Å². The van der Waals surface area contributed by atoms with Crippen LogP contribution < -0.4 is 20.3 Å². The van der Waals surface area contributed by atoms with Gasteiger partial charge in [-0.05, 0) is 49.4 Å². The maximum Gasteiger partial charge on any atom is 0.279 e. The van der Waals surface area contributed by atoms with Crippen molar-refractivity contribution < 1.29 is 19.1 Å². The van der Waals surface area contributed by atoms with E-state index in [1.54, 1.807) is 36.4 Å². The molecule has 2 rings (SSSR count). The van der Waals surface area contributed by atoms with E-state index >= 15 is 0 Å². The molecule has 0 aromatic heterocycles. The van der Waals surface area contributed by atoms with Gasteiger partial charge < -0.3 is 9.47 Å². The summed E-state index contributed by atoms with van der Waals surface area (Å²) < 4.78 is 10.7. The summed E-state index contributed by atoms with van der Waals surface area (Å²) >= 11 is 17.5. The Morgan fingerprint density at radius 3 is 2.31 bits per heavy atom. The van der Waals surface area contributed by atoms with Crippen molar-refractivity contribution >= 4 is 46.6 Å². The first-order valence-corrected chi connectivity index (χ1v) is 8.57. The van der Waals surface area contributed by atoms with Gasteiger partial charge in [0, 0.05) is 10.0 Å². The SMILES string of the molecule is CC(Oc1ccc(Cl)cc1Cl)C(=O)NNC(=O)COc1ccc(Cl)cc1. The second-order valence-electron chi connectivity index (χ2n) is 5.11. The normalized spacial score (nSPS) is 11.4. The average Bonchev–Trinajstić information content (AvgIpc) is 2.61. The third kappa shape index (κ3) is 6.29. The molecular formula is C17H15Cl3N2O4. The summed E-state index contributed by atoms with van der Waals surface area (Å²) in [5.74, 6) is -0.318. The predicted molar refractivity (Wildman–Crippen MR) is 99.8 cm³/mol. The molecule has 2 amide bonds. The van der Waals surface area contributed by atoms with Crippen LogP contribution in [0.1, 0.15) is 6.92 Å². The van der Waals surface area contributed by atoms with Gasteiger partial charge in [0.1, 0.15) is 11.5 Å². The highest BCUT2D eigenvalue weighted by Gasteiger charge is 2.17. The minimum Gasteiger partial charge on any atom is -0.484 e. The average molecular weight is 418 g/mol. The van der Waals surface area contributed by atoms with Crippen LogP contribution >= 0.6 is 34.8 Å². The number of ether oxygens (including phenoxy) is 2. The Labute approximate surface area is 165 Å². The number of hydrazine groups is 1. The molecule has 0 aliphatic carbocycles. The topological polar surface area (TPSA) is 76.7 Å². The van der Waals surface area contributed by atoms with Crippen molar-refractivity contribution in [2.24, 2.45) is 0 Å². The van der Waals surface area contributed by atoms with E-state index in [0.29, 0.717) is 21.5 Å². The van der Waals surface area contributed by atoms with Crippen LogP contribution in [0.4, 0.5) is 0 Å². The Morgan fingerprint density at radius 1 is 1.00 bits per heavy atom. The minimum atomic E-state index is -0.897. The summed E-state index contributed by atoms with van der Waals surface area (Å²) in [5.41, 5.74) is 4.48. The molecule has 1 atom stereocenters. The van der Waals surface area contributed by atoms with Crippen molar-refractivity contribution in [3.8, 4) is 11.5 Å². The molecule has 0 spiro atoms. The summed E-state index contributed by atoms with van der Waals surface area (Å²) in [4.78, 5) is 23.7. The Bertz CT molecular complexity index is 784. The van der Waals surface area contributed by atoms with Crippen molar-refractivity contribution in [2.75, 3.05) is 6.61 Å². The predicted octanol–water partition coefficient (Wildman–Crippen LogP) is 3.64. The van der Waals surface area contributed by atoms with Gasteiger partial charge in [0.05, 0.1) is 5.02 Å². The number of benzene rings is 2. The van der Waals surface area contributed by atoms with E-state index < -0.39 is 17.9 Å². The fourth-order valence-corrected chi connectivity index (χ4v) is 2.34. The molecule has 0 aliphatic rings. The van der Waals surface area contributed by atoms with Gasteiger partial charge in [-0.3, -0.25) is 20.4 Å².